The number of carbonyl (C=O) groups is 1. The van der Waals surface area contributed by atoms with E-state index in [0.717, 1.165) is 16.3 Å². The van der Waals surface area contributed by atoms with E-state index >= 15 is 0 Å². The molecule has 0 spiro atoms. The van der Waals surface area contributed by atoms with Gasteiger partial charge in [0.1, 0.15) is 12.0 Å². The van der Waals surface area contributed by atoms with Crippen molar-refractivity contribution in [2.24, 2.45) is 0 Å². The van der Waals surface area contributed by atoms with Gasteiger partial charge in [-0.2, -0.15) is 0 Å². The minimum Gasteiger partial charge on any atom is -0.496 e. The molecule has 0 bridgehead atoms. The molecule has 0 aliphatic carbocycles. The van der Waals surface area contributed by atoms with Crippen molar-refractivity contribution in [2.45, 2.75) is 19.3 Å². The predicted molar refractivity (Wildman–Crippen MR) is 64.8 cm³/mol. The van der Waals surface area contributed by atoms with Crippen molar-refractivity contribution in [2.75, 3.05) is 7.11 Å². The van der Waals surface area contributed by atoms with Crippen LogP contribution in [0.3, 0.4) is 0 Å². The minimum absolute atomic E-state index is 0.122. The molecule has 0 radical (unpaired) electrons. The number of benzene rings is 1. The molecule has 1 rings (SSSR count). The van der Waals surface area contributed by atoms with E-state index in [1.54, 1.807) is 13.2 Å². The second-order valence-corrected chi connectivity index (χ2v) is 4.57. The molecule has 1 unspecified atom stereocenters. The van der Waals surface area contributed by atoms with E-state index in [-0.39, 0.29) is 5.92 Å². The molecule has 1 atom stereocenters. The highest BCUT2D eigenvalue weighted by atomic mass is 79.9. The van der Waals surface area contributed by atoms with Gasteiger partial charge in [0, 0.05) is 17.5 Å². The Kier molecular flexibility index (Phi) is 4.61. The van der Waals surface area contributed by atoms with Crippen molar-refractivity contribution in [3.8, 4) is 5.75 Å². The number of ether oxygens (including phenoxy) is 1. The van der Waals surface area contributed by atoms with Crippen LogP contribution in [0.1, 0.15) is 24.8 Å². The third kappa shape index (κ3) is 2.95. The van der Waals surface area contributed by atoms with Gasteiger partial charge in [-0.1, -0.05) is 18.5 Å². The maximum Gasteiger partial charge on any atom is 0.134 e. The van der Waals surface area contributed by atoms with E-state index in [0.29, 0.717) is 17.2 Å². The van der Waals surface area contributed by atoms with Gasteiger partial charge < -0.3 is 9.53 Å². The van der Waals surface area contributed by atoms with Crippen molar-refractivity contribution in [1.82, 2.24) is 0 Å². The second-order valence-electron chi connectivity index (χ2n) is 3.31. The zero-order valence-corrected chi connectivity index (χ0v) is 10.9. The van der Waals surface area contributed by atoms with E-state index in [1.807, 2.05) is 13.0 Å². The molecule has 0 saturated heterocycles. The summed E-state index contributed by atoms with van der Waals surface area (Å²) >= 11 is 9.48. The van der Waals surface area contributed by atoms with Crippen LogP contribution in [0.2, 0.25) is 5.02 Å². The molecule has 0 aliphatic rings. The highest BCUT2D eigenvalue weighted by molar-refractivity contribution is 9.10. The van der Waals surface area contributed by atoms with Crippen LogP contribution in [-0.4, -0.2) is 13.4 Å². The smallest absolute Gasteiger partial charge is 0.134 e. The summed E-state index contributed by atoms with van der Waals surface area (Å²) in [4.78, 5) is 10.4. The fraction of sp³-hybridized carbons (Fsp3) is 0.364. The lowest BCUT2D eigenvalue weighted by Crippen LogP contribution is -1.97. The molecule has 2 nitrogen and oxygen atoms in total. The summed E-state index contributed by atoms with van der Waals surface area (Å²) in [6, 6.07) is 3.65. The van der Waals surface area contributed by atoms with Gasteiger partial charge >= 0.3 is 0 Å². The highest BCUT2D eigenvalue weighted by Crippen LogP contribution is 2.35. The SMILES string of the molecule is COc1cc(Cl)c(C(C)CC=O)cc1Br. The molecule has 0 aromatic heterocycles. The molecular weight excluding hydrogens is 279 g/mol. The van der Waals surface area contributed by atoms with Crippen LogP contribution < -0.4 is 4.74 Å². The Hall–Kier alpha value is -0.540. The van der Waals surface area contributed by atoms with E-state index in [1.165, 1.54) is 0 Å². The molecular formula is C11H12BrClO2. The van der Waals surface area contributed by atoms with E-state index in [9.17, 15) is 4.79 Å². The Labute approximate surface area is 103 Å². The van der Waals surface area contributed by atoms with Gasteiger partial charge in [-0.05, 0) is 33.5 Å². The van der Waals surface area contributed by atoms with Crippen molar-refractivity contribution < 1.29 is 9.53 Å². The molecule has 1 aromatic carbocycles. The van der Waals surface area contributed by atoms with E-state index in [4.69, 9.17) is 16.3 Å². The normalized spacial score (nSPS) is 12.3. The van der Waals surface area contributed by atoms with E-state index in [2.05, 4.69) is 15.9 Å². The van der Waals surface area contributed by atoms with Crippen LogP contribution in [0.15, 0.2) is 16.6 Å². The number of methoxy groups -OCH3 is 1. The van der Waals surface area contributed by atoms with Crippen LogP contribution in [0.25, 0.3) is 0 Å². The van der Waals surface area contributed by atoms with Gasteiger partial charge in [0.15, 0.2) is 0 Å². The number of carbonyl (C=O) groups excluding carboxylic acids is 1. The first-order valence-corrected chi connectivity index (χ1v) is 5.73. The molecule has 0 heterocycles. The average molecular weight is 292 g/mol. The first-order valence-electron chi connectivity index (χ1n) is 4.56. The summed E-state index contributed by atoms with van der Waals surface area (Å²) < 4.78 is 5.97. The van der Waals surface area contributed by atoms with Crippen LogP contribution in [0.4, 0.5) is 0 Å². The van der Waals surface area contributed by atoms with Crippen molar-refractivity contribution >= 4 is 33.8 Å². The summed E-state index contributed by atoms with van der Waals surface area (Å²) in [5, 5.41) is 0.629. The fourth-order valence-corrected chi connectivity index (χ4v) is 2.21. The minimum atomic E-state index is 0.122. The topological polar surface area (TPSA) is 26.3 Å². The van der Waals surface area contributed by atoms with Crippen LogP contribution in [0.5, 0.6) is 5.75 Å². The Morgan fingerprint density at radius 1 is 1.60 bits per heavy atom. The summed E-state index contributed by atoms with van der Waals surface area (Å²) in [5.74, 6) is 0.819. The number of hydrogen-bond acceptors (Lipinski definition) is 2. The van der Waals surface area contributed by atoms with Crippen molar-refractivity contribution in [1.29, 1.82) is 0 Å². The molecule has 0 amide bonds. The van der Waals surface area contributed by atoms with Crippen LogP contribution in [0, 0.1) is 0 Å². The third-order valence-electron chi connectivity index (χ3n) is 2.25. The van der Waals surface area contributed by atoms with Crippen molar-refractivity contribution in [3.05, 3.63) is 27.2 Å². The summed E-state index contributed by atoms with van der Waals surface area (Å²) in [7, 11) is 1.59. The van der Waals surface area contributed by atoms with E-state index < -0.39 is 0 Å². The number of aldehydes is 1. The second kappa shape index (κ2) is 5.52. The Balaban J connectivity index is 3.09. The Morgan fingerprint density at radius 3 is 2.80 bits per heavy atom. The average Bonchev–Trinajstić information content (AvgIpc) is 2.21. The Bertz CT molecular complexity index is 366. The molecule has 4 heteroatoms. The number of hydrogen-bond donors (Lipinski definition) is 0. The number of rotatable bonds is 4. The van der Waals surface area contributed by atoms with Crippen LogP contribution in [-0.2, 0) is 4.79 Å². The van der Waals surface area contributed by atoms with Gasteiger partial charge in [-0.25, -0.2) is 0 Å². The zero-order chi connectivity index (χ0) is 11.4. The lowest BCUT2D eigenvalue weighted by Gasteiger charge is -2.13. The highest BCUT2D eigenvalue weighted by Gasteiger charge is 2.12. The molecule has 82 valence electrons. The first-order chi connectivity index (χ1) is 7.10. The van der Waals surface area contributed by atoms with Gasteiger partial charge in [0.2, 0.25) is 0 Å². The molecule has 0 saturated carbocycles. The molecule has 0 N–H and O–H groups in total. The quantitative estimate of drug-likeness (QED) is 0.789. The van der Waals surface area contributed by atoms with Gasteiger partial charge in [-0.15, -0.1) is 0 Å². The van der Waals surface area contributed by atoms with Crippen LogP contribution >= 0.6 is 27.5 Å². The maximum atomic E-state index is 10.4. The maximum absolute atomic E-state index is 10.4. The zero-order valence-electron chi connectivity index (χ0n) is 8.59. The summed E-state index contributed by atoms with van der Waals surface area (Å²) in [5.41, 5.74) is 0.955. The summed E-state index contributed by atoms with van der Waals surface area (Å²) in [6.45, 7) is 1.97. The number of halogens is 2. The summed E-state index contributed by atoms with van der Waals surface area (Å²) in [6.07, 6.45) is 1.37. The molecule has 1 aromatic rings. The fourth-order valence-electron chi connectivity index (χ4n) is 1.35. The van der Waals surface area contributed by atoms with Gasteiger partial charge in [0.25, 0.3) is 0 Å². The third-order valence-corrected chi connectivity index (χ3v) is 3.20. The predicted octanol–water partition coefficient (Wildman–Crippen LogP) is 3.80. The molecule has 0 fully saturated rings. The standard InChI is InChI=1S/C11H12BrClO2/c1-7(3-4-14)8-5-9(12)11(15-2)6-10(8)13/h4-7H,3H2,1-2H3. The molecule has 15 heavy (non-hydrogen) atoms. The lowest BCUT2D eigenvalue weighted by molar-refractivity contribution is -0.108. The van der Waals surface area contributed by atoms with Gasteiger partial charge in [-0.3, -0.25) is 0 Å². The Morgan fingerprint density at radius 2 is 2.27 bits per heavy atom. The lowest BCUT2D eigenvalue weighted by atomic mass is 9.98. The first kappa shape index (κ1) is 12.5. The largest absolute Gasteiger partial charge is 0.496 e. The van der Waals surface area contributed by atoms with Crippen molar-refractivity contribution in [3.63, 3.8) is 0 Å². The monoisotopic (exact) mass is 290 g/mol. The van der Waals surface area contributed by atoms with Gasteiger partial charge in [0.05, 0.1) is 11.6 Å². The molecule has 0 aliphatic heterocycles.